The second kappa shape index (κ2) is 7.09. The van der Waals surface area contributed by atoms with Crippen LogP contribution in [0.4, 0.5) is 0 Å². The van der Waals surface area contributed by atoms with Crippen LogP contribution in [0.2, 0.25) is 0 Å². The highest BCUT2D eigenvalue weighted by atomic mass is 32.2. The van der Waals surface area contributed by atoms with Gasteiger partial charge in [-0.2, -0.15) is 0 Å². The van der Waals surface area contributed by atoms with Crippen molar-refractivity contribution in [3.8, 4) is 0 Å². The minimum Gasteiger partial charge on any atom is -0.335 e. The van der Waals surface area contributed by atoms with Crippen LogP contribution in [-0.4, -0.2) is 65.8 Å². The van der Waals surface area contributed by atoms with E-state index in [0.717, 1.165) is 10.6 Å². The lowest BCUT2D eigenvalue weighted by atomic mass is 10.0. The summed E-state index contributed by atoms with van der Waals surface area (Å²) < 4.78 is 24.6. The molecule has 0 aromatic carbocycles. The molecular weight excluding hydrogens is 370 g/mol. The molecule has 8 heteroatoms. The zero-order valence-electron chi connectivity index (χ0n) is 14.3. The number of thiophene rings is 1. The van der Waals surface area contributed by atoms with Gasteiger partial charge in [0.15, 0.2) is 9.84 Å². The van der Waals surface area contributed by atoms with Gasteiger partial charge >= 0.3 is 0 Å². The van der Waals surface area contributed by atoms with E-state index < -0.39 is 9.84 Å². The minimum absolute atomic E-state index is 0.0250. The average Bonchev–Trinajstić information content (AvgIpc) is 3.22. The largest absolute Gasteiger partial charge is 0.335 e. The lowest BCUT2D eigenvalue weighted by Gasteiger charge is -2.43. The van der Waals surface area contributed by atoms with Crippen LogP contribution in [0.25, 0.3) is 0 Å². The summed E-state index contributed by atoms with van der Waals surface area (Å²) in [7, 11) is -3.14. The molecule has 0 aliphatic carbocycles. The Morgan fingerprint density at radius 2 is 2.00 bits per heavy atom. The van der Waals surface area contributed by atoms with Crippen LogP contribution < -0.4 is 0 Å². The Bertz CT molecular complexity index is 868. The molecule has 0 N–H and O–H groups in total. The zero-order chi connectivity index (χ0) is 18.1. The van der Waals surface area contributed by atoms with Crippen LogP contribution in [0.15, 0.2) is 41.9 Å². The van der Waals surface area contributed by atoms with Crippen LogP contribution >= 0.6 is 11.3 Å². The maximum Gasteiger partial charge on any atom is 0.228 e. The number of piperazine rings is 1. The molecule has 2 saturated heterocycles. The average molecular weight is 392 g/mol. The van der Waals surface area contributed by atoms with E-state index in [0.29, 0.717) is 26.1 Å². The molecule has 0 bridgehead atoms. The number of carbonyl (C=O) groups excluding carboxylic acids is 1. The Morgan fingerprint density at radius 3 is 2.73 bits per heavy atom. The number of carbonyl (C=O) groups is 1. The fourth-order valence-electron chi connectivity index (χ4n) is 3.89. The van der Waals surface area contributed by atoms with Gasteiger partial charge in [0.1, 0.15) is 0 Å². The third-order valence-electron chi connectivity index (χ3n) is 5.11. The van der Waals surface area contributed by atoms with E-state index in [2.05, 4.69) is 9.88 Å². The maximum absolute atomic E-state index is 12.8. The lowest BCUT2D eigenvalue weighted by Crippen LogP contribution is -2.60. The summed E-state index contributed by atoms with van der Waals surface area (Å²) in [4.78, 5) is 22.1. The topological polar surface area (TPSA) is 70.6 Å². The molecule has 0 saturated carbocycles. The molecule has 26 heavy (non-hydrogen) atoms. The van der Waals surface area contributed by atoms with Crippen molar-refractivity contribution in [3.05, 3.63) is 52.5 Å². The van der Waals surface area contributed by atoms with Gasteiger partial charge in [-0.1, -0.05) is 12.1 Å². The minimum atomic E-state index is -3.14. The Balaban J connectivity index is 1.53. The van der Waals surface area contributed by atoms with E-state index in [-0.39, 0.29) is 29.5 Å². The van der Waals surface area contributed by atoms with Crippen molar-refractivity contribution < 1.29 is 13.2 Å². The fourth-order valence-corrected chi connectivity index (χ4v) is 6.60. The third kappa shape index (κ3) is 3.67. The number of rotatable bonds is 4. The number of nitrogens with zero attached hydrogens (tertiary/aromatic N) is 3. The first-order chi connectivity index (χ1) is 12.5. The summed E-state index contributed by atoms with van der Waals surface area (Å²) in [5.74, 6) is 0.205. The molecule has 0 radical (unpaired) electrons. The second-order valence-electron chi connectivity index (χ2n) is 6.85. The molecule has 2 unspecified atom stereocenters. The Labute approximate surface area is 157 Å². The molecule has 4 heterocycles. The predicted molar refractivity (Wildman–Crippen MR) is 101 cm³/mol. The number of hydrogen-bond donors (Lipinski definition) is 0. The normalized spacial score (nSPS) is 25.2. The van der Waals surface area contributed by atoms with Crippen molar-refractivity contribution >= 4 is 27.1 Å². The lowest BCUT2D eigenvalue weighted by molar-refractivity contribution is -0.136. The van der Waals surface area contributed by atoms with Crippen LogP contribution in [0.1, 0.15) is 10.6 Å². The molecule has 0 spiro atoms. The van der Waals surface area contributed by atoms with Gasteiger partial charge in [-0.15, -0.1) is 11.3 Å². The standard InChI is InChI=1S/C18H21N3O3S2/c22-18(10-15-5-3-9-25-15)21-8-7-20(11-14-4-1-2-6-19-14)16-12-26(23,24)13-17(16)21/h1-6,9,16-17H,7-8,10-13H2. The summed E-state index contributed by atoms with van der Waals surface area (Å²) in [6.45, 7) is 1.85. The zero-order valence-corrected chi connectivity index (χ0v) is 16.0. The van der Waals surface area contributed by atoms with E-state index in [9.17, 15) is 13.2 Å². The van der Waals surface area contributed by atoms with E-state index in [4.69, 9.17) is 0 Å². The number of fused-ring (bicyclic) bond motifs is 1. The first-order valence-corrected chi connectivity index (χ1v) is 11.4. The quantitative estimate of drug-likeness (QED) is 0.783. The van der Waals surface area contributed by atoms with Crippen molar-refractivity contribution in [2.24, 2.45) is 0 Å². The van der Waals surface area contributed by atoms with Crippen molar-refractivity contribution in [2.45, 2.75) is 25.0 Å². The summed E-state index contributed by atoms with van der Waals surface area (Å²) in [6.07, 6.45) is 2.10. The van der Waals surface area contributed by atoms with Gasteiger partial charge in [-0.05, 0) is 23.6 Å². The second-order valence-corrected chi connectivity index (χ2v) is 10.0. The Kier molecular flexibility index (Phi) is 4.81. The van der Waals surface area contributed by atoms with Gasteiger partial charge in [0, 0.05) is 36.8 Å². The van der Waals surface area contributed by atoms with Crippen LogP contribution in [-0.2, 0) is 27.6 Å². The highest BCUT2D eigenvalue weighted by molar-refractivity contribution is 7.91. The molecule has 2 aliphatic rings. The van der Waals surface area contributed by atoms with Crippen LogP contribution in [0.5, 0.6) is 0 Å². The summed E-state index contributed by atoms with van der Waals surface area (Å²) >= 11 is 1.56. The molecule has 2 aromatic heterocycles. The number of aromatic nitrogens is 1. The number of sulfone groups is 1. The van der Waals surface area contributed by atoms with Crippen molar-refractivity contribution in [1.29, 1.82) is 0 Å². The highest BCUT2D eigenvalue weighted by Gasteiger charge is 2.47. The molecule has 1 amide bonds. The maximum atomic E-state index is 12.8. The fraction of sp³-hybridized carbons (Fsp3) is 0.444. The predicted octanol–water partition coefficient (Wildman–Crippen LogP) is 1.20. The van der Waals surface area contributed by atoms with E-state index in [1.54, 1.807) is 22.4 Å². The summed E-state index contributed by atoms with van der Waals surface area (Å²) in [5, 5.41) is 1.95. The smallest absolute Gasteiger partial charge is 0.228 e. The molecule has 138 valence electrons. The van der Waals surface area contributed by atoms with E-state index >= 15 is 0 Å². The molecule has 2 atom stereocenters. The summed E-state index contributed by atoms with van der Waals surface area (Å²) in [5.41, 5.74) is 0.925. The molecule has 2 fully saturated rings. The highest BCUT2D eigenvalue weighted by Crippen LogP contribution is 2.28. The SMILES string of the molecule is O=C(Cc1cccs1)N1CCN(Cc2ccccn2)C2CS(=O)(=O)CC21. The van der Waals surface area contributed by atoms with Gasteiger partial charge in [-0.3, -0.25) is 14.7 Å². The van der Waals surface area contributed by atoms with E-state index in [1.165, 1.54) is 0 Å². The van der Waals surface area contributed by atoms with Gasteiger partial charge in [0.25, 0.3) is 0 Å². The first-order valence-electron chi connectivity index (χ1n) is 8.68. The third-order valence-corrected chi connectivity index (χ3v) is 7.68. The molecule has 4 rings (SSSR count). The number of amides is 1. The van der Waals surface area contributed by atoms with Crippen LogP contribution in [0.3, 0.4) is 0 Å². The Hall–Kier alpha value is -1.77. The van der Waals surface area contributed by atoms with Crippen molar-refractivity contribution in [3.63, 3.8) is 0 Å². The molecule has 6 nitrogen and oxygen atoms in total. The van der Waals surface area contributed by atoms with Gasteiger partial charge < -0.3 is 4.90 Å². The van der Waals surface area contributed by atoms with Crippen molar-refractivity contribution in [2.75, 3.05) is 24.6 Å². The van der Waals surface area contributed by atoms with E-state index in [1.807, 2.05) is 35.7 Å². The Morgan fingerprint density at radius 1 is 1.15 bits per heavy atom. The molecule has 2 aliphatic heterocycles. The summed E-state index contributed by atoms with van der Waals surface area (Å²) in [6, 6.07) is 9.23. The molecule has 2 aromatic rings. The number of pyridine rings is 1. The monoisotopic (exact) mass is 391 g/mol. The number of hydrogen-bond acceptors (Lipinski definition) is 6. The van der Waals surface area contributed by atoms with Crippen molar-refractivity contribution in [1.82, 2.24) is 14.8 Å². The first kappa shape index (κ1) is 17.6. The van der Waals surface area contributed by atoms with Gasteiger partial charge in [-0.25, -0.2) is 8.42 Å². The van der Waals surface area contributed by atoms with Gasteiger partial charge in [0.05, 0.1) is 29.7 Å². The van der Waals surface area contributed by atoms with Crippen LogP contribution in [0, 0.1) is 0 Å². The molecular formula is C18H21N3O3S2. The van der Waals surface area contributed by atoms with Gasteiger partial charge in [0.2, 0.25) is 5.91 Å².